The van der Waals surface area contributed by atoms with Crippen molar-refractivity contribution in [1.82, 2.24) is 0 Å². The molecule has 0 heterocycles. The minimum Gasteiger partial charge on any atom is -0.380 e. The quantitative estimate of drug-likeness (QED) is 0.391. The van der Waals surface area contributed by atoms with Crippen molar-refractivity contribution >= 4 is 38.5 Å². The fraction of sp³-hybridized carbons (Fsp3) is 0.357. The normalized spacial score (nSPS) is 16.6. The molecule has 23 heavy (non-hydrogen) atoms. The van der Waals surface area contributed by atoms with E-state index in [1.54, 1.807) is 24.3 Å². The summed E-state index contributed by atoms with van der Waals surface area (Å²) in [4.78, 5) is 12.0. The summed E-state index contributed by atoms with van der Waals surface area (Å²) >= 11 is 2.04. The molecule has 126 valence electrons. The molecule has 9 heteroatoms. The number of allylic oxidation sites excluding steroid dienone is 2. The third-order valence-electron chi connectivity index (χ3n) is 3.30. The number of Topliss-reactive ketones (excluding diaryl/α,β-unsaturated/α-hetero) is 1. The number of ketones is 1. The van der Waals surface area contributed by atoms with Gasteiger partial charge in [0, 0.05) is 28.4 Å². The van der Waals surface area contributed by atoms with Crippen LogP contribution in [0.15, 0.2) is 35.6 Å². The molecule has 0 fully saturated rings. The summed E-state index contributed by atoms with van der Waals surface area (Å²) in [5.74, 6) is -0.790. The Morgan fingerprint density at radius 2 is 1.83 bits per heavy atom. The molecule has 1 aliphatic carbocycles. The number of hydrogen-bond donors (Lipinski definition) is 0. The summed E-state index contributed by atoms with van der Waals surface area (Å²) in [6, 6.07) is 7.04. The predicted molar refractivity (Wildman–Crippen MR) is 84.8 cm³/mol. The molecule has 0 bridgehead atoms. The van der Waals surface area contributed by atoms with E-state index in [2.05, 4.69) is 4.18 Å². The van der Waals surface area contributed by atoms with E-state index in [-0.39, 0.29) is 37.0 Å². The number of carbonyl (C=O) groups excluding carboxylic acids is 1. The Balaban J connectivity index is 2.39. The second-order valence-electron chi connectivity index (χ2n) is 4.93. The molecule has 4 nitrogen and oxygen atoms in total. The van der Waals surface area contributed by atoms with E-state index in [1.807, 2.05) is 22.6 Å². The maximum atomic E-state index is 12.5. The summed E-state index contributed by atoms with van der Waals surface area (Å²) in [7, 11) is -5.77. The molecule has 2 rings (SSSR count). The van der Waals surface area contributed by atoms with Crippen molar-refractivity contribution in [1.29, 1.82) is 0 Å². The molecule has 0 amide bonds. The first-order chi connectivity index (χ1) is 10.6. The molecule has 0 aliphatic heterocycles. The fourth-order valence-corrected chi connectivity index (χ4v) is 3.29. The van der Waals surface area contributed by atoms with Crippen LogP contribution in [-0.2, 0) is 25.5 Å². The molecule has 0 N–H and O–H groups in total. The number of benzene rings is 1. The lowest BCUT2D eigenvalue weighted by Gasteiger charge is -2.20. The second-order valence-corrected chi connectivity index (χ2v) is 7.63. The average molecular weight is 460 g/mol. The van der Waals surface area contributed by atoms with Gasteiger partial charge in [-0.05, 0) is 40.6 Å². The molecule has 0 spiro atoms. The number of hydrogen-bond acceptors (Lipinski definition) is 4. The van der Waals surface area contributed by atoms with Crippen molar-refractivity contribution in [3.05, 3.63) is 44.7 Å². The van der Waals surface area contributed by atoms with Gasteiger partial charge in [0.05, 0.1) is 0 Å². The van der Waals surface area contributed by atoms with Gasteiger partial charge < -0.3 is 4.18 Å². The highest BCUT2D eigenvalue weighted by Crippen LogP contribution is 2.33. The zero-order chi connectivity index (χ0) is 17.3. The fourth-order valence-electron chi connectivity index (χ4n) is 2.17. The van der Waals surface area contributed by atoms with Gasteiger partial charge in [0.25, 0.3) is 0 Å². The van der Waals surface area contributed by atoms with Crippen molar-refractivity contribution in [3.8, 4) is 0 Å². The van der Waals surface area contributed by atoms with Crippen molar-refractivity contribution in [3.63, 3.8) is 0 Å². The van der Waals surface area contributed by atoms with Crippen LogP contribution in [0.3, 0.4) is 0 Å². The lowest BCUT2D eigenvalue weighted by Crippen LogP contribution is -2.27. The Morgan fingerprint density at radius 1 is 1.17 bits per heavy atom. The summed E-state index contributed by atoms with van der Waals surface area (Å²) in [5.41, 5.74) is -4.80. The minimum absolute atomic E-state index is 0.00630. The highest BCUT2D eigenvalue weighted by atomic mass is 127. The van der Waals surface area contributed by atoms with Gasteiger partial charge in [-0.3, -0.25) is 4.79 Å². The zero-order valence-electron chi connectivity index (χ0n) is 11.7. The average Bonchev–Trinajstić information content (AvgIpc) is 2.43. The molecule has 0 saturated carbocycles. The topological polar surface area (TPSA) is 60.4 Å². The highest BCUT2D eigenvalue weighted by Gasteiger charge is 2.49. The smallest absolute Gasteiger partial charge is 0.380 e. The van der Waals surface area contributed by atoms with E-state index in [1.165, 1.54) is 0 Å². The van der Waals surface area contributed by atoms with Crippen LogP contribution < -0.4 is 0 Å². The Labute approximate surface area is 145 Å². The number of alkyl halides is 3. The van der Waals surface area contributed by atoms with Crippen LogP contribution in [0, 0.1) is 3.57 Å². The lowest BCUT2D eigenvalue weighted by atomic mass is 9.91. The van der Waals surface area contributed by atoms with Crippen LogP contribution in [0.25, 0.3) is 0 Å². The Kier molecular flexibility index (Phi) is 5.39. The summed E-state index contributed by atoms with van der Waals surface area (Å²) in [6.45, 7) is 0. The second kappa shape index (κ2) is 6.80. The van der Waals surface area contributed by atoms with Crippen molar-refractivity contribution in [2.45, 2.75) is 31.2 Å². The number of rotatable bonds is 4. The van der Waals surface area contributed by atoms with Gasteiger partial charge in [-0.25, -0.2) is 0 Å². The molecular formula is C14H12F3IO4S. The van der Waals surface area contributed by atoms with Crippen molar-refractivity contribution < 1.29 is 30.6 Å². The van der Waals surface area contributed by atoms with Gasteiger partial charge in [0.2, 0.25) is 0 Å². The van der Waals surface area contributed by atoms with Gasteiger partial charge in [-0.2, -0.15) is 21.6 Å². The standard InChI is InChI=1S/C14H12F3IO4S/c15-14(16,17)23(20,21)22-13-7-3-6-12(19)10(13)8-9-4-1-2-5-11(9)18/h1-2,4-5H,3,6-8H2. The largest absolute Gasteiger partial charge is 0.534 e. The number of carbonyl (C=O) groups is 1. The lowest BCUT2D eigenvalue weighted by molar-refractivity contribution is -0.116. The van der Waals surface area contributed by atoms with Crippen LogP contribution >= 0.6 is 22.6 Å². The molecular weight excluding hydrogens is 448 g/mol. The van der Waals surface area contributed by atoms with Crippen LogP contribution in [0.2, 0.25) is 0 Å². The Hall–Kier alpha value is -1.10. The van der Waals surface area contributed by atoms with Crippen LogP contribution in [0.1, 0.15) is 24.8 Å². The highest BCUT2D eigenvalue weighted by molar-refractivity contribution is 14.1. The van der Waals surface area contributed by atoms with E-state index < -0.39 is 21.4 Å². The molecule has 1 aliphatic rings. The summed E-state index contributed by atoms with van der Waals surface area (Å²) < 4.78 is 64.9. The van der Waals surface area contributed by atoms with Crippen molar-refractivity contribution in [2.24, 2.45) is 0 Å². The summed E-state index contributed by atoms with van der Waals surface area (Å²) in [5, 5.41) is 0. The van der Waals surface area contributed by atoms with E-state index in [4.69, 9.17) is 0 Å². The van der Waals surface area contributed by atoms with Gasteiger partial charge in [0.15, 0.2) is 5.78 Å². The van der Waals surface area contributed by atoms with Gasteiger partial charge in [-0.1, -0.05) is 18.2 Å². The van der Waals surface area contributed by atoms with Gasteiger partial charge in [0.1, 0.15) is 5.76 Å². The number of halogens is 4. The molecule has 0 aromatic heterocycles. The van der Waals surface area contributed by atoms with Crippen LogP contribution in [0.4, 0.5) is 13.2 Å². The van der Waals surface area contributed by atoms with E-state index in [0.717, 1.165) is 9.13 Å². The third kappa shape index (κ3) is 4.25. The maximum absolute atomic E-state index is 12.5. The predicted octanol–water partition coefficient (Wildman–Crippen LogP) is 3.71. The van der Waals surface area contributed by atoms with Gasteiger partial charge in [-0.15, -0.1) is 0 Å². The van der Waals surface area contributed by atoms with Crippen LogP contribution in [-0.4, -0.2) is 19.7 Å². The third-order valence-corrected chi connectivity index (χ3v) is 5.34. The van der Waals surface area contributed by atoms with E-state index >= 15 is 0 Å². The van der Waals surface area contributed by atoms with Gasteiger partial charge >= 0.3 is 15.6 Å². The molecule has 1 aromatic rings. The van der Waals surface area contributed by atoms with E-state index in [0.29, 0.717) is 0 Å². The monoisotopic (exact) mass is 460 g/mol. The SMILES string of the molecule is O=C1CCCC(OS(=O)(=O)C(F)(F)F)=C1Cc1ccccc1I. The maximum Gasteiger partial charge on any atom is 0.534 e. The first kappa shape index (κ1) is 18.2. The molecule has 1 aromatic carbocycles. The van der Waals surface area contributed by atoms with Crippen LogP contribution in [0.5, 0.6) is 0 Å². The van der Waals surface area contributed by atoms with Crippen molar-refractivity contribution in [2.75, 3.05) is 0 Å². The summed E-state index contributed by atoms with van der Waals surface area (Å²) in [6.07, 6.45) is 0.453. The Morgan fingerprint density at radius 3 is 2.43 bits per heavy atom. The molecule has 0 radical (unpaired) electrons. The van der Waals surface area contributed by atoms with E-state index in [9.17, 15) is 26.4 Å². The molecule has 0 atom stereocenters. The Bertz CT molecular complexity index is 754. The molecule has 0 unspecified atom stereocenters. The zero-order valence-corrected chi connectivity index (χ0v) is 14.7. The minimum atomic E-state index is -5.77. The first-order valence-electron chi connectivity index (χ1n) is 6.61. The first-order valence-corrected chi connectivity index (χ1v) is 9.10. The molecule has 0 saturated heterocycles.